The van der Waals surface area contributed by atoms with Crippen LogP contribution >= 0.6 is 0 Å². The summed E-state index contributed by atoms with van der Waals surface area (Å²) in [6.45, 7) is 7.43. The molecule has 0 aromatic heterocycles. The van der Waals surface area contributed by atoms with Crippen LogP contribution < -0.4 is 10.2 Å². The van der Waals surface area contributed by atoms with E-state index in [1.165, 1.54) is 0 Å². The molecule has 1 aromatic rings. The van der Waals surface area contributed by atoms with Crippen LogP contribution in [-0.4, -0.2) is 49.8 Å². The summed E-state index contributed by atoms with van der Waals surface area (Å²) in [5, 5.41) is 13.3. The molecule has 0 spiro atoms. The van der Waals surface area contributed by atoms with Crippen molar-refractivity contribution >= 4 is 5.69 Å². The van der Waals surface area contributed by atoms with Gasteiger partial charge in [0.15, 0.2) is 0 Å². The van der Waals surface area contributed by atoms with E-state index in [9.17, 15) is 5.11 Å². The highest BCUT2D eigenvalue weighted by Crippen LogP contribution is 2.30. The summed E-state index contributed by atoms with van der Waals surface area (Å²) < 4.78 is 0. The standard InChI is InChI=1S/C15H25N3O/c1-11-10-17(4)7-8-18(11)13-5-6-14(12(2)16-3)15(19)9-13/h5-6,9,11-12,16,19H,7-8,10H2,1-4H3. The Kier molecular flexibility index (Phi) is 4.32. The summed E-state index contributed by atoms with van der Waals surface area (Å²) in [5.74, 6) is 0.380. The Hall–Kier alpha value is -1.26. The van der Waals surface area contributed by atoms with Crippen molar-refractivity contribution in [3.8, 4) is 5.75 Å². The molecule has 0 radical (unpaired) electrons. The number of nitrogens with one attached hydrogen (secondary N) is 1. The van der Waals surface area contributed by atoms with Crippen LogP contribution in [0.4, 0.5) is 5.69 Å². The van der Waals surface area contributed by atoms with Gasteiger partial charge >= 0.3 is 0 Å². The highest BCUT2D eigenvalue weighted by atomic mass is 16.3. The zero-order chi connectivity index (χ0) is 14.0. The summed E-state index contributed by atoms with van der Waals surface area (Å²) in [7, 11) is 4.06. The second-order valence-corrected chi connectivity index (χ2v) is 5.56. The molecular formula is C15H25N3O. The number of piperazine rings is 1. The largest absolute Gasteiger partial charge is 0.508 e. The minimum Gasteiger partial charge on any atom is -0.508 e. The Morgan fingerprint density at radius 3 is 2.68 bits per heavy atom. The van der Waals surface area contributed by atoms with Crippen molar-refractivity contribution in [3.63, 3.8) is 0 Å². The molecule has 4 heteroatoms. The SMILES string of the molecule is CNC(C)c1ccc(N2CCN(C)CC2C)cc1O. The molecule has 4 nitrogen and oxygen atoms in total. The molecule has 2 unspecified atom stereocenters. The van der Waals surface area contributed by atoms with Gasteiger partial charge in [-0.2, -0.15) is 0 Å². The zero-order valence-corrected chi connectivity index (χ0v) is 12.3. The molecule has 19 heavy (non-hydrogen) atoms. The van der Waals surface area contributed by atoms with E-state index in [0.717, 1.165) is 30.9 Å². The van der Waals surface area contributed by atoms with Crippen molar-refractivity contribution in [2.75, 3.05) is 38.6 Å². The van der Waals surface area contributed by atoms with Crippen LogP contribution in [0.2, 0.25) is 0 Å². The molecule has 0 aliphatic carbocycles. The Balaban J connectivity index is 2.20. The summed E-state index contributed by atoms with van der Waals surface area (Å²) in [4.78, 5) is 4.71. The third kappa shape index (κ3) is 3.01. The lowest BCUT2D eigenvalue weighted by Crippen LogP contribution is -2.50. The lowest BCUT2D eigenvalue weighted by Gasteiger charge is -2.40. The smallest absolute Gasteiger partial charge is 0.122 e. The maximum Gasteiger partial charge on any atom is 0.122 e. The molecule has 0 saturated carbocycles. The molecule has 2 N–H and O–H groups in total. The van der Waals surface area contributed by atoms with Gasteiger partial charge < -0.3 is 20.2 Å². The van der Waals surface area contributed by atoms with Gasteiger partial charge in [-0.1, -0.05) is 6.07 Å². The minimum absolute atomic E-state index is 0.166. The van der Waals surface area contributed by atoms with E-state index >= 15 is 0 Å². The number of phenols is 1. The average Bonchev–Trinajstić information content (AvgIpc) is 2.37. The topological polar surface area (TPSA) is 38.7 Å². The number of benzene rings is 1. The van der Waals surface area contributed by atoms with Crippen LogP contribution in [0.1, 0.15) is 25.5 Å². The lowest BCUT2D eigenvalue weighted by molar-refractivity contribution is 0.275. The van der Waals surface area contributed by atoms with Crippen LogP contribution in [0, 0.1) is 0 Å². The van der Waals surface area contributed by atoms with Gasteiger partial charge in [-0.05, 0) is 34.0 Å². The van der Waals surface area contributed by atoms with Gasteiger partial charge in [-0.15, -0.1) is 0 Å². The van der Waals surface area contributed by atoms with Gasteiger partial charge in [-0.25, -0.2) is 0 Å². The Bertz CT molecular complexity index is 435. The first-order valence-corrected chi connectivity index (χ1v) is 6.98. The molecule has 106 valence electrons. The summed E-state index contributed by atoms with van der Waals surface area (Å²) in [6, 6.07) is 6.68. The van der Waals surface area contributed by atoms with E-state index < -0.39 is 0 Å². The van der Waals surface area contributed by atoms with Crippen molar-refractivity contribution in [3.05, 3.63) is 23.8 Å². The number of hydrogen-bond acceptors (Lipinski definition) is 4. The van der Waals surface area contributed by atoms with E-state index in [2.05, 4.69) is 35.2 Å². The molecule has 0 amide bonds. The molecule has 1 fully saturated rings. The van der Waals surface area contributed by atoms with Gasteiger partial charge in [0.1, 0.15) is 5.75 Å². The molecular weight excluding hydrogens is 238 g/mol. The van der Waals surface area contributed by atoms with E-state index in [-0.39, 0.29) is 6.04 Å². The fraction of sp³-hybridized carbons (Fsp3) is 0.600. The third-order valence-electron chi connectivity index (χ3n) is 4.08. The van der Waals surface area contributed by atoms with Crippen molar-refractivity contribution in [1.29, 1.82) is 0 Å². The van der Waals surface area contributed by atoms with Gasteiger partial charge in [0.25, 0.3) is 0 Å². The van der Waals surface area contributed by atoms with Crippen molar-refractivity contribution < 1.29 is 5.11 Å². The number of rotatable bonds is 3. The molecule has 0 bridgehead atoms. The Labute approximate surface area is 116 Å². The number of likely N-dealkylation sites (N-methyl/N-ethyl adjacent to an activating group) is 1. The molecule has 2 atom stereocenters. The number of anilines is 1. The van der Waals surface area contributed by atoms with Gasteiger partial charge in [0.2, 0.25) is 0 Å². The Morgan fingerprint density at radius 1 is 1.37 bits per heavy atom. The minimum atomic E-state index is 0.166. The lowest BCUT2D eigenvalue weighted by atomic mass is 10.1. The first-order valence-electron chi connectivity index (χ1n) is 6.98. The normalized spacial score (nSPS) is 22.5. The van der Waals surface area contributed by atoms with Crippen LogP contribution in [0.5, 0.6) is 5.75 Å². The second kappa shape index (κ2) is 5.80. The van der Waals surface area contributed by atoms with Gasteiger partial charge in [0.05, 0.1) is 0 Å². The maximum atomic E-state index is 10.2. The van der Waals surface area contributed by atoms with E-state index in [1.54, 1.807) is 0 Å². The first-order chi connectivity index (χ1) is 9.02. The Morgan fingerprint density at radius 2 is 2.11 bits per heavy atom. The van der Waals surface area contributed by atoms with Crippen LogP contribution in [0.3, 0.4) is 0 Å². The second-order valence-electron chi connectivity index (χ2n) is 5.56. The quantitative estimate of drug-likeness (QED) is 0.872. The summed E-state index contributed by atoms with van der Waals surface area (Å²) in [6.07, 6.45) is 0. The molecule has 1 aliphatic heterocycles. The molecule has 1 saturated heterocycles. The summed E-state index contributed by atoms with van der Waals surface area (Å²) in [5.41, 5.74) is 2.07. The number of nitrogens with zero attached hydrogens (tertiary/aromatic N) is 2. The van der Waals surface area contributed by atoms with Gasteiger partial charge in [-0.3, -0.25) is 0 Å². The van der Waals surface area contributed by atoms with E-state index in [4.69, 9.17) is 0 Å². The molecule has 1 aromatic carbocycles. The molecule has 2 rings (SSSR count). The van der Waals surface area contributed by atoms with Crippen molar-refractivity contribution in [1.82, 2.24) is 10.2 Å². The highest BCUT2D eigenvalue weighted by molar-refractivity contribution is 5.55. The fourth-order valence-corrected chi connectivity index (χ4v) is 2.76. The van der Waals surface area contributed by atoms with Gasteiger partial charge in [0, 0.05) is 49.0 Å². The average molecular weight is 263 g/mol. The fourth-order valence-electron chi connectivity index (χ4n) is 2.76. The summed E-state index contributed by atoms with van der Waals surface area (Å²) >= 11 is 0. The number of phenolic OH excluding ortho intramolecular Hbond substituents is 1. The maximum absolute atomic E-state index is 10.2. The van der Waals surface area contributed by atoms with Crippen LogP contribution in [-0.2, 0) is 0 Å². The van der Waals surface area contributed by atoms with Crippen LogP contribution in [0.15, 0.2) is 18.2 Å². The third-order valence-corrected chi connectivity index (χ3v) is 4.08. The van der Waals surface area contributed by atoms with Crippen LogP contribution in [0.25, 0.3) is 0 Å². The first kappa shape index (κ1) is 14.2. The van der Waals surface area contributed by atoms with Crippen molar-refractivity contribution in [2.24, 2.45) is 0 Å². The monoisotopic (exact) mass is 263 g/mol. The van der Waals surface area contributed by atoms with Crippen molar-refractivity contribution in [2.45, 2.75) is 25.9 Å². The number of hydrogen-bond donors (Lipinski definition) is 2. The predicted octanol–water partition coefficient (Wildman–Crippen LogP) is 1.81. The molecule has 1 heterocycles. The van der Waals surface area contributed by atoms with E-state index in [1.807, 2.05) is 26.1 Å². The number of aromatic hydroxyl groups is 1. The predicted molar refractivity (Wildman–Crippen MR) is 79.9 cm³/mol. The highest BCUT2D eigenvalue weighted by Gasteiger charge is 2.22. The zero-order valence-electron chi connectivity index (χ0n) is 12.3. The van der Waals surface area contributed by atoms with E-state index in [0.29, 0.717) is 11.8 Å². The molecule has 1 aliphatic rings.